The van der Waals surface area contributed by atoms with Crippen LogP contribution in [0.25, 0.3) is 11.1 Å². The second-order valence-corrected chi connectivity index (χ2v) is 9.81. The Labute approximate surface area is 225 Å². The van der Waals surface area contributed by atoms with E-state index in [0.717, 1.165) is 58.4 Å². The molecule has 0 amide bonds. The Morgan fingerprint density at radius 2 is 1.84 bits per heavy atom. The fourth-order valence-corrected chi connectivity index (χ4v) is 4.83. The number of nitrogens with one attached hydrogen (secondary N) is 1. The van der Waals surface area contributed by atoms with Crippen LogP contribution in [0.1, 0.15) is 40.7 Å². The summed E-state index contributed by atoms with van der Waals surface area (Å²) in [7, 11) is 3.90. The summed E-state index contributed by atoms with van der Waals surface area (Å²) in [5, 5.41) is 3.26. The van der Waals surface area contributed by atoms with E-state index in [1.54, 1.807) is 18.2 Å². The van der Waals surface area contributed by atoms with Gasteiger partial charge in [0.1, 0.15) is 12.4 Å². The Kier molecular flexibility index (Phi) is 9.14. The lowest BCUT2D eigenvalue weighted by Crippen LogP contribution is -2.21. The Hall–Kier alpha value is -3.70. The van der Waals surface area contributed by atoms with Gasteiger partial charge in [-0.25, -0.2) is 8.78 Å². The smallest absolute Gasteiger partial charge is 0.165 e. The van der Waals surface area contributed by atoms with Crippen molar-refractivity contribution < 1.29 is 13.5 Å². The zero-order valence-corrected chi connectivity index (χ0v) is 22.5. The molecule has 5 heteroatoms. The summed E-state index contributed by atoms with van der Waals surface area (Å²) >= 11 is 0. The minimum absolute atomic E-state index is 0.231. The standard InChI is InChI=1S/C33H36F2N2O/c1-23-21-27(34)15-16-28(23)30-13-7-11-25-10-5-6-12-29(25)33(30)26-14-17-32(31(35)22-26)38-20-19-36-18-8-9-24(2)37(3)4/h5-6,8-10,12,14-17,21-22,36H,2,7,11,13,18-20H2,1,3-4H3/b9-8+. The lowest BCUT2D eigenvalue weighted by molar-refractivity contribution is 0.301. The van der Waals surface area contributed by atoms with Crippen LogP contribution in [0.3, 0.4) is 0 Å². The number of halogens is 2. The largest absolute Gasteiger partial charge is 0.489 e. The summed E-state index contributed by atoms with van der Waals surface area (Å²) in [6.45, 7) is 7.50. The van der Waals surface area contributed by atoms with Crippen molar-refractivity contribution in [3.63, 3.8) is 0 Å². The average molecular weight is 515 g/mol. The molecule has 198 valence electrons. The van der Waals surface area contributed by atoms with Crippen molar-refractivity contribution in [2.24, 2.45) is 0 Å². The normalized spacial score (nSPS) is 13.4. The number of aryl methyl sites for hydroxylation is 2. The molecule has 0 bridgehead atoms. The molecule has 0 aromatic heterocycles. The maximum Gasteiger partial charge on any atom is 0.165 e. The Bertz CT molecular complexity index is 1360. The van der Waals surface area contributed by atoms with Crippen LogP contribution in [0.5, 0.6) is 5.75 Å². The van der Waals surface area contributed by atoms with Gasteiger partial charge in [-0.2, -0.15) is 0 Å². The molecule has 0 atom stereocenters. The number of rotatable bonds is 10. The van der Waals surface area contributed by atoms with Gasteiger partial charge in [0, 0.05) is 32.9 Å². The minimum atomic E-state index is -0.394. The van der Waals surface area contributed by atoms with Crippen molar-refractivity contribution in [2.45, 2.75) is 26.2 Å². The molecule has 0 saturated carbocycles. The molecule has 1 aliphatic rings. The first-order valence-corrected chi connectivity index (χ1v) is 13.1. The fourth-order valence-electron chi connectivity index (χ4n) is 4.83. The molecular formula is C33H36F2N2O. The first-order valence-electron chi connectivity index (χ1n) is 13.1. The van der Waals surface area contributed by atoms with E-state index in [4.69, 9.17) is 4.74 Å². The third-order valence-electron chi connectivity index (χ3n) is 6.88. The summed E-state index contributed by atoms with van der Waals surface area (Å²) in [5.74, 6) is -0.414. The number of benzene rings is 3. The number of allylic oxidation sites excluding steroid dienone is 2. The molecule has 0 spiro atoms. The molecule has 3 nitrogen and oxygen atoms in total. The molecule has 4 rings (SSSR count). The third kappa shape index (κ3) is 6.59. The Morgan fingerprint density at radius 1 is 1.03 bits per heavy atom. The third-order valence-corrected chi connectivity index (χ3v) is 6.88. The predicted molar refractivity (Wildman–Crippen MR) is 153 cm³/mol. The lowest BCUT2D eigenvalue weighted by Gasteiger charge is -2.18. The van der Waals surface area contributed by atoms with E-state index < -0.39 is 5.82 Å². The quantitative estimate of drug-likeness (QED) is 0.229. The molecule has 0 saturated heterocycles. The predicted octanol–water partition coefficient (Wildman–Crippen LogP) is 7.17. The van der Waals surface area contributed by atoms with Gasteiger partial charge in [-0.3, -0.25) is 0 Å². The monoisotopic (exact) mass is 514 g/mol. The number of ether oxygens (including phenoxy) is 1. The van der Waals surface area contributed by atoms with Crippen LogP contribution >= 0.6 is 0 Å². The van der Waals surface area contributed by atoms with E-state index >= 15 is 4.39 Å². The molecule has 3 aromatic carbocycles. The summed E-state index contributed by atoms with van der Waals surface area (Å²) < 4.78 is 34.9. The molecule has 0 fully saturated rings. The topological polar surface area (TPSA) is 24.5 Å². The second kappa shape index (κ2) is 12.7. The number of hydrogen-bond donors (Lipinski definition) is 1. The van der Waals surface area contributed by atoms with Gasteiger partial charge in [-0.1, -0.05) is 49.1 Å². The van der Waals surface area contributed by atoms with Gasteiger partial charge in [-0.05, 0) is 95.5 Å². The summed E-state index contributed by atoms with van der Waals surface area (Å²) in [4.78, 5) is 1.94. The van der Waals surface area contributed by atoms with Crippen LogP contribution in [0.2, 0.25) is 0 Å². The maximum atomic E-state index is 15.3. The van der Waals surface area contributed by atoms with Crippen molar-refractivity contribution in [1.82, 2.24) is 10.2 Å². The van der Waals surface area contributed by atoms with Gasteiger partial charge in [0.25, 0.3) is 0 Å². The van der Waals surface area contributed by atoms with Crippen molar-refractivity contribution in [2.75, 3.05) is 33.8 Å². The van der Waals surface area contributed by atoms with Crippen LogP contribution < -0.4 is 10.1 Å². The molecule has 38 heavy (non-hydrogen) atoms. The van der Waals surface area contributed by atoms with E-state index in [0.29, 0.717) is 19.7 Å². The fraction of sp³-hybridized carbons (Fsp3) is 0.273. The first kappa shape index (κ1) is 27.3. The highest BCUT2D eigenvalue weighted by Crippen LogP contribution is 2.41. The first-order chi connectivity index (χ1) is 18.3. The van der Waals surface area contributed by atoms with Crippen LogP contribution in [-0.2, 0) is 6.42 Å². The van der Waals surface area contributed by atoms with Crippen molar-refractivity contribution in [1.29, 1.82) is 0 Å². The highest BCUT2D eigenvalue weighted by Gasteiger charge is 2.22. The molecule has 3 aromatic rings. The molecule has 0 heterocycles. The van der Waals surface area contributed by atoms with E-state index in [1.165, 1.54) is 11.6 Å². The van der Waals surface area contributed by atoms with Gasteiger partial charge < -0.3 is 15.0 Å². The Balaban J connectivity index is 1.56. The molecule has 0 unspecified atom stereocenters. The van der Waals surface area contributed by atoms with Gasteiger partial charge in [0.2, 0.25) is 0 Å². The van der Waals surface area contributed by atoms with Crippen LogP contribution in [-0.4, -0.2) is 38.7 Å². The summed E-state index contributed by atoms with van der Waals surface area (Å²) in [6, 6.07) is 18.4. The second-order valence-electron chi connectivity index (χ2n) is 9.81. The van der Waals surface area contributed by atoms with Gasteiger partial charge in [0.05, 0.1) is 0 Å². The highest BCUT2D eigenvalue weighted by atomic mass is 19.1. The number of hydrogen-bond acceptors (Lipinski definition) is 3. The Morgan fingerprint density at radius 3 is 2.61 bits per heavy atom. The summed E-state index contributed by atoms with van der Waals surface area (Å²) in [6.07, 6.45) is 6.70. The van der Waals surface area contributed by atoms with Gasteiger partial charge >= 0.3 is 0 Å². The summed E-state index contributed by atoms with van der Waals surface area (Å²) in [5.41, 5.74) is 8.08. The van der Waals surface area contributed by atoms with Gasteiger partial charge in [-0.15, -0.1) is 0 Å². The molecular weight excluding hydrogens is 478 g/mol. The van der Waals surface area contributed by atoms with Crippen molar-refractivity contribution in [3.05, 3.63) is 125 Å². The zero-order chi connectivity index (χ0) is 27.1. The number of nitrogens with zero attached hydrogens (tertiary/aromatic N) is 1. The molecule has 0 aliphatic heterocycles. The highest BCUT2D eigenvalue weighted by molar-refractivity contribution is 6.00. The average Bonchev–Trinajstić information content (AvgIpc) is 3.08. The van der Waals surface area contributed by atoms with Crippen molar-refractivity contribution >= 4 is 11.1 Å². The van der Waals surface area contributed by atoms with Crippen LogP contribution in [0.4, 0.5) is 8.78 Å². The lowest BCUT2D eigenvalue weighted by atomic mass is 9.86. The van der Waals surface area contributed by atoms with Crippen LogP contribution in [0.15, 0.2) is 85.1 Å². The molecule has 1 N–H and O–H groups in total. The minimum Gasteiger partial charge on any atom is -0.489 e. The van der Waals surface area contributed by atoms with Gasteiger partial charge in [0.15, 0.2) is 11.6 Å². The number of likely N-dealkylation sites (N-methyl/N-ethyl adjacent to an activating group) is 1. The van der Waals surface area contributed by atoms with E-state index in [9.17, 15) is 4.39 Å². The molecule has 0 radical (unpaired) electrons. The molecule has 1 aliphatic carbocycles. The number of fused-ring (bicyclic) bond motifs is 1. The van der Waals surface area contributed by atoms with E-state index in [1.807, 2.05) is 62.3 Å². The van der Waals surface area contributed by atoms with Crippen LogP contribution in [0, 0.1) is 18.6 Å². The SMILES string of the molecule is C=C(/C=C/CNCCOc1ccc(C2=C(c3ccc(F)cc3C)CCCc3ccccc32)cc1F)N(C)C. The van der Waals surface area contributed by atoms with Crippen molar-refractivity contribution in [3.8, 4) is 5.75 Å². The van der Waals surface area contributed by atoms with E-state index in [2.05, 4.69) is 24.0 Å². The maximum absolute atomic E-state index is 15.3. The zero-order valence-electron chi connectivity index (χ0n) is 22.5. The van der Waals surface area contributed by atoms with E-state index in [-0.39, 0.29) is 11.6 Å².